The molecule has 0 amide bonds. The van der Waals surface area contributed by atoms with Crippen LogP contribution < -0.4 is 5.48 Å². The lowest BCUT2D eigenvalue weighted by Gasteiger charge is -2.16. The van der Waals surface area contributed by atoms with Crippen LogP contribution in [-0.4, -0.2) is 29.0 Å². The quantitative estimate of drug-likeness (QED) is 0.805. The van der Waals surface area contributed by atoms with Gasteiger partial charge in [-0.1, -0.05) is 0 Å². The third kappa shape index (κ3) is 2.62. The summed E-state index contributed by atoms with van der Waals surface area (Å²) in [6.07, 6.45) is -5.39. The van der Waals surface area contributed by atoms with E-state index in [0.29, 0.717) is 0 Å². The van der Waals surface area contributed by atoms with Crippen LogP contribution in [0.3, 0.4) is 0 Å². The van der Waals surface area contributed by atoms with E-state index in [1.54, 1.807) is 0 Å². The normalized spacial score (nSPS) is 18.9. The van der Waals surface area contributed by atoms with Crippen LogP contribution in [0, 0.1) is 0 Å². The molecule has 24 heavy (non-hydrogen) atoms. The van der Waals surface area contributed by atoms with Crippen molar-refractivity contribution in [1.29, 1.82) is 0 Å². The van der Waals surface area contributed by atoms with E-state index < -0.39 is 49.1 Å². The molecule has 0 fully saturated rings. The fourth-order valence-corrected chi connectivity index (χ4v) is 3.04. The van der Waals surface area contributed by atoms with Gasteiger partial charge in [-0.2, -0.15) is 31.8 Å². The van der Waals surface area contributed by atoms with Crippen LogP contribution in [0.5, 0.6) is 0 Å². The van der Waals surface area contributed by atoms with Gasteiger partial charge in [-0.25, -0.2) is 12.8 Å². The zero-order chi connectivity index (χ0) is 18.7. The van der Waals surface area contributed by atoms with Crippen molar-refractivity contribution in [3.05, 3.63) is 22.2 Å². The Kier molecular flexibility index (Phi) is 3.92. The molecule has 0 unspecified atom stereocenters. The second-order valence-electron chi connectivity index (χ2n) is 5.26. The largest absolute Gasteiger partial charge is 0.437 e. The molecule has 1 aromatic rings. The number of aromatic nitrogens is 3. The van der Waals surface area contributed by atoms with E-state index in [4.69, 9.17) is 0 Å². The Morgan fingerprint density at radius 1 is 1.12 bits per heavy atom. The molecule has 0 atom stereocenters. The lowest BCUT2D eigenvalue weighted by Crippen LogP contribution is -2.34. The first-order valence-corrected chi connectivity index (χ1v) is 7.56. The first-order valence-electron chi connectivity index (χ1n) is 6.08. The number of halogens is 6. The number of hydroxylamine groups is 1. The Morgan fingerprint density at radius 2 is 1.62 bits per heavy atom. The van der Waals surface area contributed by atoms with Crippen LogP contribution in [0.4, 0.5) is 26.3 Å². The maximum absolute atomic E-state index is 14.3. The molecule has 136 valence electrons. The third-order valence-electron chi connectivity index (χ3n) is 2.99. The Morgan fingerprint density at radius 3 is 2.04 bits per heavy atom. The van der Waals surface area contributed by atoms with E-state index >= 15 is 0 Å². The standard InChI is InChI=1S/C10H10F6N4O3S/c1-8(2)4(11)7(19-23-8)24(21,22)10(15,16)6-5(9(12,13)14)17-20(3)18-6/h19H,1-3H3. The van der Waals surface area contributed by atoms with Gasteiger partial charge in [0.15, 0.2) is 22.2 Å². The summed E-state index contributed by atoms with van der Waals surface area (Å²) in [5.41, 5.74) is -4.78. The first kappa shape index (κ1) is 18.5. The lowest BCUT2D eigenvalue weighted by molar-refractivity contribution is -0.144. The molecule has 0 saturated carbocycles. The monoisotopic (exact) mass is 380 g/mol. The van der Waals surface area contributed by atoms with E-state index in [-0.39, 0.29) is 4.80 Å². The van der Waals surface area contributed by atoms with Crippen LogP contribution in [0.2, 0.25) is 0 Å². The first-order chi connectivity index (χ1) is 10.6. The van der Waals surface area contributed by atoms with Crippen molar-refractivity contribution in [2.24, 2.45) is 7.05 Å². The minimum atomic E-state index is -5.96. The molecule has 0 spiro atoms. The Labute approximate surface area is 131 Å². The molecule has 0 saturated heterocycles. The van der Waals surface area contributed by atoms with Crippen LogP contribution in [-0.2, 0) is 33.2 Å². The van der Waals surface area contributed by atoms with Crippen molar-refractivity contribution in [1.82, 2.24) is 20.5 Å². The number of nitrogens with one attached hydrogen (secondary N) is 1. The molecule has 1 N–H and O–H groups in total. The van der Waals surface area contributed by atoms with Gasteiger partial charge in [0.25, 0.3) is 9.84 Å². The highest BCUT2D eigenvalue weighted by Gasteiger charge is 2.59. The second-order valence-corrected chi connectivity index (χ2v) is 7.19. The molecule has 2 rings (SSSR count). The van der Waals surface area contributed by atoms with Gasteiger partial charge < -0.3 is 0 Å². The highest BCUT2D eigenvalue weighted by molar-refractivity contribution is 7.95. The molecular formula is C10H10F6N4O3S. The van der Waals surface area contributed by atoms with Crippen molar-refractivity contribution in [3.8, 4) is 0 Å². The van der Waals surface area contributed by atoms with Crippen molar-refractivity contribution in [2.45, 2.75) is 30.9 Å². The number of hydrogen-bond acceptors (Lipinski definition) is 6. The summed E-state index contributed by atoms with van der Waals surface area (Å²) in [5, 5.41) is -1.38. The van der Waals surface area contributed by atoms with E-state index in [1.807, 2.05) is 0 Å². The molecule has 1 aliphatic heterocycles. The molecule has 0 bridgehead atoms. The van der Waals surface area contributed by atoms with Gasteiger partial charge in [0.05, 0.1) is 0 Å². The highest BCUT2D eigenvalue weighted by atomic mass is 32.2. The third-order valence-corrected chi connectivity index (χ3v) is 4.66. The van der Waals surface area contributed by atoms with Gasteiger partial charge in [-0.05, 0) is 13.8 Å². The maximum Gasteiger partial charge on any atom is 0.437 e. The van der Waals surface area contributed by atoms with E-state index in [9.17, 15) is 34.8 Å². The zero-order valence-corrected chi connectivity index (χ0v) is 13.1. The SMILES string of the molecule is Cn1nc(C(F)(F)F)c(C(F)(F)S(=O)(=O)C2=C(F)C(C)(C)ON2)n1. The number of rotatable bonds is 3. The fourth-order valence-electron chi connectivity index (χ4n) is 1.76. The molecule has 1 aromatic heterocycles. The molecule has 0 aliphatic carbocycles. The van der Waals surface area contributed by atoms with E-state index in [0.717, 1.165) is 20.9 Å². The average Bonchev–Trinajstić information content (AvgIpc) is 2.91. The summed E-state index contributed by atoms with van der Waals surface area (Å²) in [7, 11) is -5.17. The van der Waals surface area contributed by atoms with Crippen molar-refractivity contribution in [2.75, 3.05) is 0 Å². The summed E-state index contributed by atoms with van der Waals surface area (Å²) >= 11 is 0. The van der Waals surface area contributed by atoms with Gasteiger partial charge in [0.1, 0.15) is 5.60 Å². The minimum absolute atomic E-state index is 0.134. The highest BCUT2D eigenvalue weighted by Crippen LogP contribution is 2.45. The summed E-state index contributed by atoms with van der Waals surface area (Å²) in [6, 6.07) is 0. The van der Waals surface area contributed by atoms with Crippen LogP contribution in [0.1, 0.15) is 25.2 Å². The van der Waals surface area contributed by atoms with Gasteiger partial charge in [0.2, 0.25) is 0 Å². The summed E-state index contributed by atoms with van der Waals surface area (Å²) in [5.74, 6) is -1.61. The topological polar surface area (TPSA) is 86.1 Å². The molecular weight excluding hydrogens is 370 g/mol. The Hall–Kier alpha value is -1.83. The van der Waals surface area contributed by atoms with Gasteiger partial charge in [0, 0.05) is 7.05 Å². The zero-order valence-electron chi connectivity index (χ0n) is 12.2. The summed E-state index contributed by atoms with van der Waals surface area (Å²) in [6.45, 7) is 2.05. The number of aryl methyl sites for hydroxylation is 1. The predicted molar refractivity (Wildman–Crippen MR) is 65.3 cm³/mol. The van der Waals surface area contributed by atoms with Gasteiger partial charge in [-0.3, -0.25) is 10.3 Å². The number of sulfone groups is 1. The van der Waals surface area contributed by atoms with Crippen LogP contribution in [0.25, 0.3) is 0 Å². The molecule has 1 aliphatic rings. The molecule has 2 heterocycles. The van der Waals surface area contributed by atoms with Crippen molar-refractivity contribution in [3.63, 3.8) is 0 Å². The fraction of sp³-hybridized carbons (Fsp3) is 0.600. The summed E-state index contributed by atoms with van der Waals surface area (Å²) < 4.78 is 105. The molecule has 0 aromatic carbocycles. The van der Waals surface area contributed by atoms with Gasteiger partial charge >= 0.3 is 11.4 Å². The average molecular weight is 380 g/mol. The molecule has 7 nitrogen and oxygen atoms in total. The van der Waals surface area contributed by atoms with Gasteiger partial charge in [-0.15, -0.1) is 5.10 Å². The Bertz CT molecular complexity index is 811. The number of alkyl halides is 5. The predicted octanol–water partition coefficient (Wildman–Crippen LogP) is 1.75. The molecule has 14 heteroatoms. The summed E-state index contributed by atoms with van der Waals surface area (Å²) in [4.78, 5) is 4.64. The lowest BCUT2D eigenvalue weighted by atomic mass is 10.1. The Balaban J connectivity index is 2.66. The molecule has 0 radical (unpaired) electrons. The van der Waals surface area contributed by atoms with Crippen molar-refractivity contribution < 1.29 is 39.6 Å². The van der Waals surface area contributed by atoms with E-state index in [1.165, 1.54) is 5.48 Å². The number of nitrogens with zero attached hydrogens (tertiary/aromatic N) is 3. The van der Waals surface area contributed by atoms with Crippen LogP contribution in [0.15, 0.2) is 10.9 Å². The smallest absolute Gasteiger partial charge is 0.262 e. The maximum atomic E-state index is 14.3. The van der Waals surface area contributed by atoms with E-state index in [2.05, 4.69) is 15.0 Å². The van der Waals surface area contributed by atoms with Crippen LogP contribution >= 0.6 is 0 Å². The number of hydrogen-bond donors (Lipinski definition) is 1. The second kappa shape index (κ2) is 5.08. The minimum Gasteiger partial charge on any atom is -0.262 e. The van der Waals surface area contributed by atoms with Crippen molar-refractivity contribution >= 4 is 9.84 Å².